The zero-order valence-corrected chi connectivity index (χ0v) is 15.0. The van der Waals surface area contributed by atoms with Gasteiger partial charge in [-0.05, 0) is 18.6 Å². The van der Waals surface area contributed by atoms with Gasteiger partial charge in [0.05, 0.1) is 11.5 Å². The van der Waals surface area contributed by atoms with E-state index in [1.807, 2.05) is 0 Å². The summed E-state index contributed by atoms with van der Waals surface area (Å²) in [6, 6.07) is 4.47. The van der Waals surface area contributed by atoms with Crippen LogP contribution in [0.2, 0.25) is 0 Å². The molecule has 1 aromatic carbocycles. The lowest BCUT2D eigenvalue weighted by Gasteiger charge is -2.09. The van der Waals surface area contributed by atoms with Crippen LogP contribution in [0.15, 0.2) is 18.2 Å². The van der Waals surface area contributed by atoms with Gasteiger partial charge >= 0.3 is 5.69 Å². The number of carbonyl (C=O) groups excluding carboxylic acids is 1. The number of hydrogen-bond acceptors (Lipinski definition) is 4. The molecule has 5 heteroatoms. The molecule has 0 bridgehead atoms. The highest BCUT2D eigenvalue weighted by atomic mass is 16.6. The van der Waals surface area contributed by atoms with E-state index in [-0.39, 0.29) is 23.1 Å². The maximum absolute atomic E-state index is 12.0. The number of Topliss-reactive ketones (excluding diaryl/α,β-unsaturated/α-hetero) is 1. The van der Waals surface area contributed by atoms with Gasteiger partial charge in [0.1, 0.15) is 0 Å². The lowest BCUT2D eigenvalue weighted by Crippen LogP contribution is -2.08. The minimum absolute atomic E-state index is 0.100. The van der Waals surface area contributed by atoms with Crippen molar-refractivity contribution in [2.45, 2.75) is 65.7 Å². The maximum atomic E-state index is 12.0. The smallest absolute Gasteiger partial charge is 0.311 e. The first-order chi connectivity index (χ1) is 11.5. The van der Waals surface area contributed by atoms with E-state index in [4.69, 9.17) is 4.74 Å². The first-order valence-corrected chi connectivity index (χ1v) is 8.92. The van der Waals surface area contributed by atoms with Gasteiger partial charge in [-0.1, -0.05) is 59.3 Å². The van der Waals surface area contributed by atoms with Gasteiger partial charge in [0, 0.05) is 17.5 Å². The number of benzene rings is 1. The number of rotatable bonds is 12. The molecule has 0 N–H and O–H groups in total. The van der Waals surface area contributed by atoms with Crippen LogP contribution in [0, 0.1) is 16.0 Å². The molecule has 0 saturated heterocycles. The second-order valence-electron chi connectivity index (χ2n) is 6.43. The van der Waals surface area contributed by atoms with Gasteiger partial charge in [0.2, 0.25) is 0 Å². The predicted molar refractivity (Wildman–Crippen MR) is 95.8 cm³/mol. The van der Waals surface area contributed by atoms with Crippen LogP contribution in [0.4, 0.5) is 5.69 Å². The molecular formula is C19H29NO4. The first-order valence-electron chi connectivity index (χ1n) is 8.92. The van der Waals surface area contributed by atoms with Crippen molar-refractivity contribution in [3.63, 3.8) is 0 Å². The summed E-state index contributed by atoms with van der Waals surface area (Å²) >= 11 is 0. The Morgan fingerprint density at radius 2 is 1.75 bits per heavy atom. The molecule has 0 saturated carbocycles. The summed E-state index contributed by atoms with van der Waals surface area (Å²) in [5.74, 6) is -0.0490. The number of ketones is 1. The molecular weight excluding hydrogens is 306 g/mol. The lowest BCUT2D eigenvalue weighted by molar-refractivity contribution is -0.385. The fraction of sp³-hybridized carbons (Fsp3) is 0.632. The van der Waals surface area contributed by atoms with Crippen molar-refractivity contribution in [1.29, 1.82) is 0 Å². The summed E-state index contributed by atoms with van der Waals surface area (Å²) in [4.78, 5) is 22.7. The molecule has 0 aromatic heterocycles. The van der Waals surface area contributed by atoms with Crippen molar-refractivity contribution in [2.24, 2.45) is 5.92 Å². The molecule has 0 amide bonds. The highest BCUT2D eigenvalue weighted by Gasteiger charge is 2.20. The summed E-state index contributed by atoms with van der Waals surface area (Å²) in [5.41, 5.74) is 0.226. The second kappa shape index (κ2) is 10.8. The third-order valence-corrected chi connectivity index (χ3v) is 3.97. The van der Waals surface area contributed by atoms with Crippen molar-refractivity contribution >= 4 is 11.5 Å². The zero-order valence-electron chi connectivity index (χ0n) is 15.0. The highest BCUT2D eigenvalue weighted by Crippen LogP contribution is 2.29. The molecule has 0 heterocycles. The molecule has 0 unspecified atom stereocenters. The molecule has 0 spiro atoms. The lowest BCUT2D eigenvalue weighted by atomic mass is 10.0. The maximum Gasteiger partial charge on any atom is 0.311 e. The van der Waals surface area contributed by atoms with Gasteiger partial charge in [0.15, 0.2) is 11.5 Å². The van der Waals surface area contributed by atoms with E-state index < -0.39 is 4.92 Å². The Labute approximate surface area is 144 Å². The molecule has 0 radical (unpaired) electrons. The summed E-state index contributed by atoms with van der Waals surface area (Å²) in [6.07, 6.45) is 8.16. The number of nitrogens with zero attached hydrogens (tertiary/aromatic N) is 1. The van der Waals surface area contributed by atoms with Gasteiger partial charge < -0.3 is 4.74 Å². The molecule has 134 valence electrons. The Kier molecular flexibility index (Phi) is 9.05. The van der Waals surface area contributed by atoms with E-state index in [1.54, 1.807) is 19.9 Å². The first kappa shape index (κ1) is 20.1. The quantitative estimate of drug-likeness (QED) is 0.217. The van der Waals surface area contributed by atoms with Gasteiger partial charge in [-0.3, -0.25) is 14.9 Å². The highest BCUT2D eigenvalue weighted by molar-refractivity contribution is 5.98. The van der Waals surface area contributed by atoms with Crippen LogP contribution in [0.5, 0.6) is 5.75 Å². The predicted octanol–water partition coefficient (Wildman–Crippen LogP) is 5.56. The summed E-state index contributed by atoms with van der Waals surface area (Å²) in [6.45, 7) is 6.21. The third-order valence-electron chi connectivity index (χ3n) is 3.97. The van der Waals surface area contributed by atoms with E-state index in [0.29, 0.717) is 12.2 Å². The van der Waals surface area contributed by atoms with E-state index in [1.165, 1.54) is 44.2 Å². The second-order valence-corrected chi connectivity index (χ2v) is 6.43. The van der Waals surface area contributed by atoms with Crippen LogP contribution in [0.3, 0.4) is 0 Å². The minimum Gasteiger partial charge on any atom is -0.487 e. The number of ether oxygens (including phenoxy) is 1. The third kappa shape index (κ3) is 6.69. The van der Waals surface area contributed by atoms with Crippen LogP contribution in [0.25, 0.3) is 0 Å². The van der Waals surface area contributed by atoms with Gasteiger partial charge in [-0.2, -0.15) is 0 Å². The standard InChI is InChI=1S/C19H29NO4/c1-4-5-6-7-8-9-10-13-24-18-12-11-16(19(21)15(2)3)14-17(18)20(22)23/h11-12,14-15H,4-10,13H2,1-3H3. The number of carbonyl (C=O) groups is 1. The number of nitro benzene ring substituents is 1. The zero-order chi connectivity index (χ0) is 17.9. The molecule has 0 aliphatic rings. The van der Waals surface area contributed by atoms with E-state index >= 15 is 0 Å². The van der Waals surface area contributed by atoms with Crippen molar-refractivity contribution in [1.82, 2.24) is 0 Å². The number of hydrogen-bond donors (Lipinski definition) is 0. The Morgan fingerprint density at radius 1 is 1.12 bits per heavy atom. The van der Waals surface area contributed by atoms with Gasteiger partial charge in [0.25, 0.3) is 0 Å². The van der Waals surface area contributed by atoms with Crippen LogP contribution in [-0.2, 0) is 0 Å². The van der Waals surface area contributed by atoms with Crippen LogP contribution < -0.4 is 4.74 Å². The Bertz CT molecular complexity index is 540. The normalized spacial score (nSPS) is 10.8. The average Bonchev–Trinajstić information content (AvgIpc) is 2.56. The van der Waals surface area contributed by atoms with E-state index in [0.717, 1.165) is 12.8 Å². The Morgan fingerprint density at radius 3 is 2.33 bits per heavy atom. The van der Waals surface area contributed by atoms with Crippen molar-refractivity contribution < 1.29 is 14.5 Å². The van der Waals surface area contributed by atoms with Gasteiger partial charge in [-0.15, -0.1) is 0 Å². The Balaban J connectivity index is 2.53. The average molecular weight is 335 g/mol. The molecule has 1 rings (SSSR count). The van der Waals surface area contributed by atoms with Crippen molar-refractivity contribution in [2.75, 3.05) is 6.61 Å². The van der Waals surface area contributed by atoms with E-state index in [2.05, 4.69) is 6.92 Å². The summed E-state index contributed by atoms with van der Waals surface area (Å²) in [5, 5.41) is 11.2. The summed E-state index contributed by atoms with van der Waals surface area (Å²) in [7, 11) is 0. The van der Waals surface area contributed by atoms with Crippen LogP contribution in [0.1, 0.15) is 76.1 Å². The SMILES string of the molecule is CCCCCCCCCOc1ccc(C(=O)C(C)C)cc1[N+](=O)[O-]. The fourth-order valence-corrected chi connectivity index (χ4v) is 2.51. The largest absolute Gasteiger partial charge is 0.487 e. The topological polar surface area (TPSA) is 69.4 Å². The molecule has 0 aliphatic carbocycles. The summed E-state index contributed by atoms with van der Waals surface area (Å²) < 4.78 is 5.57. The molecule has 0 fully saturated rings. The van der Waals surface area contributed by atoms with Crippen molar-refractivity contribution in [3.05, 3.63) is 33.9 Å². The fourth-order valence-electron chi connectivity index (χ4n) is 2.51. The molecule has 5 nitrogen and oxygen atoms in total. The van der Waals surface area contributed by atoms with Crippen LogP contribution >= 0.6 is 0 Å². The number of nitro groups is 1. The van der Waals surface area contributed by atoms with Crippen LogP contribution in [-0.4, -0.2) is 17.3 Å². The molecule has 0 aliphatic heterocycles. The minimum atomic E-state index is -0.489. The van der Waals surface area contributed by atoms with Crippen molar-refractivity contribution in [3.8, 4) is 5.75 Å². The van der Waals surface area contributed by atoms with Gasteiger partial charge in [-0.25, -0.2) is 0 Å². The molecule has 1 aromatic rings. The number of unbranched alkanes of at least 4 members (excludes halogenated alkanes) is 6. The Hall–Kier alpha value is -1.91. The molecule has 0 atom stereocenters. The monoisotopic (exact) mass is 335 g/mol. The molecule has 24 heavy (non-hydrogen) atoms. The van der Waals surface area contributed by atoms with E-state index in [9.17, 15) is 14.9 Å².